The fourth-order valence-electron chi connectivity index (χ4n) is 1.81. The quantitative estimate of drug-likeness (QED) is 0.742. The lowest BCUT2D eigenvalue weighted by atomic mass is 10.2. The maximum Gasteiger partial charge on any atom is 0.140 e. The Morgan fingerprint density at radius 2 is 2.25 bits per heavy atom. The SMILES string of the molecule is CCn1ncnc1CN(CCN)CC(C)C. The first kappa shape index (κ1) is 13.1. The largest absolute Gasteiger partial charge is 0.329 e. The van der Waals surface area contributed by atoms with Crippen molar-refractivity contribution >= 4 is 0 Å². The molecule has 0 radical (unpaired) electrons. The van der Waals surface area contributed by atoms with E-state index in [1.165, 1.54) is 0 Å². The smallest absolute Gasteiger partial charge is 0.140 e. The lowest BCUT2D eigenvalue weighted by molar-refractivity contribution is 0.233. The molecule has 0 aliphatic rings. The number of nitrogens with two attached hydrogens (primary N) is 1. The van der Waals surface area contributed by atoms with Gasteiger partial charge in [0.25, 0.3) is 0 Å². The van der Waals surface area contributed by atoms with Crippen molar-refractivity contribution in [3.8, 4) is 0 Å². The van der Waals surface area contributed by atoms with E-state index in [1.54, 1.807) is 6.33 Å². The topological polar surface area (TPSA) is 60.0 Å². The van der Waals surface area contributed by atoms with Crippen LogP contribution in [0.25, 0.3) is 0 Å². The number of nitrogens with zero attached hydrogens (tertiary/aromatic N) is 4. The van der Waals surface area contributed by atoms with E-state index in [9.17, 15) is 0 Å². The van der Waals surface area contributed by atoms with Crippen LogP contribution in [0.5, 0.6) is 0 Å². The summed E-state index contributed by atoms with van der Waals surface area (Å²) in [5, 5.41) is 4.17. The highest BCUT2D eigenvalue weighted by atomic mass is 15.3. The van der Waals surface area contributed by atoms with Crippen molar-refractivity contribution in [2.45, 2.75) is 33.9 Å². The third-order valence-corrected chi connectivity index (χ3v) is 2.43. The van der Waals surface area contributed by atoms with E-state index in [-0.39, 0.29) is 0 Å². The highest BCUT2D eigenvalue weighted by Gasteiger charge is 2.11. The second kappa shape index (κ2) is 6.60. The number of rotatable bonds is 7. The summed E-state index contributed by atoms with van der Waals surface area (Å²) in [5.74, 6) is 1.67. The predicted molar refractivity (Wildman–Crippen MR) is 64.9 cm³/mol. The highest BCUT2D eigenvalue weighted by Crippen LogP contribution is 2.04. The average molecular weight is 225 g/mol. The molecule has 2 N–H and O–H groups in total. The van der Waals surface area contributed by atoms with Gasteiger partial charge >= 0.3 is 0 Å². The molecule has 0 aliphatic carbocycles. The lowest BCUT2D eigenvalue weighted by Gasteiger charge is -2.23. The standard InChI is InChI=1S/C11H23N5/c1-4-16-11(13-9-14-16)8-15(6-5-12)7-10(2)3/h9-10H,4-8,12H2,1-3H3. The van der Waals surface area contributed by atoms with Gasteiger partial charge in [0.2, 0.25) is 0 Å². The molecule has 0 unspecified atom stereocenters. The number of hydrogen-bond donors (Lipinski definition) is 1. The Bertz CT molecular complexity index is 294. The van der Waals surface area contributed by atoms with Crippen molar-refractivity contribution < 1.29 is 0 Å². The van der Waals surface area contributed by atoms with Gasteiger partial charge in [-0.3, -0.25) is 4.90 Å². The normalized spacial score (nSPS) is 11.6. The van der Waals surface area contributed by atoms with Crippen molar-refractivity contribution in [2.24, 2.45) is 11.7 Å². The Labute approximate surface area is 97.6 Å². The van der Waals surface area contributed by atoms with Gasteiger partial charge in [-0.15, -0.1) is 0 Å². The summed E-state index contributed by atoms with van der Waals surface area (Å²) in [6, 6.07) is 0. The molecule has 0 spiro atoms. The van der Waals surface area contributed by atoms with E-state index in [4.69, 9.17) is 5.73 Å². The Morgan fingerprint density at radius 3 is 2.81 bits per heavy atom. The zero-order valence-electron chi connectivity index (χ0n) is 10.6. The van der Waals surface area contributed by atoms with Gasteiger partial charge in [0.15, 0.2) is 0 Å². The van der Waals surface area contributed by atoms with Gasteiger partial charge in [-0.05, 0) is 12.8 Å². The van der Waals surface area contributed by atoms with Crippen molar-refractivity contribution in [1.29, 1.82) is 0 Å². The molecule has 0 atom stereocenters. The molecule has 1 heterocycles. The average Bonchev–Trinajstić information content (AvgIpc) is 2.64. The summed E-state index contributed by atoms with van der Waals surface area (Å²) in [6.45, 7) is 10.9. The maximum absolute atomic E-state index is 5.62. The van der Waals surface area contributed by atoms with Gasteiger partial charge in [-0.2, -0.15) is 5.10 Å². The first-order valence-electron chi connectivity index (χ1n) is 5.96. The van der Waals surface area contributed by atoms with Crippen LogP contribution in [0.2, 0.25) is 0 Å². The van der Waals surface area contributed by atoms with Crippen LogP contribution >= 0.6 is 0 Å². The van der Waals surface area contributed by atoms with E-state index in [0.717, 1.165) is 32.0 Å². The first-order valence-corrected chi connectivity index (χ1v) is 5.96. The Kier molecular flexibility index (Phi) is 5.42. The van der Waals surface area contributed by atoms with E-state index in [0.29, 0.717) is 12.5 Å². The molecule has 1 aromatic heterocycles. The van der Waals surface area contributed by atoms with E-state index in [2.05, 4.69) is 35.8 Å². The summed E-state index contributed by atoms with van der Waals surface area (Å²) in [7, 11) is 0. The molecule has 0 saturated carbocycles. The molecule has 1 rings (SSSR count). The zero-order chi connectivity index (χ0) is 12.0. The molecular weight excluding hydrogens is 202 g/mol. The van der Waals surface area contributed by atoms with Gasteiger partial charge in [0.1, 0.15) is 12.2 Å². The minimum atomic E-state index is 0.643. The van der Waals surface area contributed by atoms with Gasteiger partial charge in [0.05, 0.1) is 6.54 Å². The molecule has 1 aromatic rings. The summed E-state index contributed by atoms with van der Waals surface area (Å²) >= 11 is 0. The third kappa shape index (κ3) is 3.90. The minimum Gasteiger partial charge on any atom is -0.329 e. The van der Waals surface area contributed by atoms with Gasteiger partial charge in [-0.25, -0.2) is 9.67 Å². The lowest BCUT2D eigenvalue weighted by Crippen LogP contribution is -2.33. The molecule has 5 heteroatoms. The van der Waals surface area contributed by atoms with Crippen LogP contribution in [0, 0.1) is 5.92 Å². The van der Waals surface area contributed by atoms with Crippen LogP contribution in [-0.2, 0) is 13.1 Å². The molecule has 92 valence electrons. The maximum atomic E-state index is 5.62. The van der Waals surface area contributed by atoms with Crippen molar-refractivity contribution in [3.05, 3.63) is 12.2 Å². The molecule has 0 fully saturated rings. The van der Waals surface area contributed by atoms with Crippen molar-refractivity contribution in [3.63, 3.8) is 0 Å². The summed E-state index contributed by atoms with van der Waals surface area (Å²) in [5.41, 5.74) is 5.62. The van der Waals surface area contributed by atoms with Crippen LogP contribution < -0.4 is 5.73 Å². The molecule has 0 saturated heterocycles. The van der Waals surface area contributed by atoms with E-state index in [1.807, 2.05) is 4.68 Å². The van der Waals surface area contributed by atoms with Crippen LogP contribution in [0.15, 0.2) is 6.33 Å². The summed E-state index contributed by atoms with van der Waals surface area (Å²) < 4.78 is 1.93. The van der Waals surface area contributed by atoms with Crippen LogP contribution in [0.4, 0.5) is 0 Å². The van der Waals surface area contributed by atoms with Gasteiger partial charge in [-0.1, -0.05) is 13.8 Å². The molecule has 0 aliphatic heterocycles. The predicted octanol–water partition coefficient (Wildman–Crippen LogP) is 0.715. The fraction of sp³-hybridized carbons (Fsp3) is 0.818. The van der Waals surface area contributed by atoms with Crippen molar-refractivity contribution in [2.75, 3.05) is 19.6 Å². The molecule has 16 heavy (non-hydrogen) atoms. The highest BCUT2D eigenvalue weighted by molar-refractivity contribution is 4.84. The summed E-state index contributed by atoms with van der Waals surface area (Å²) in [6.07, 6.45) is 1.62. The molecular formula is C11H23N5. The van der Waals surface area contributed by atoms with Crippen molar-refractivity contribution in [1.82, 2.24) is 19.7 Å². The summed E-state index contributed by atoms with van der Waals surface area (Å²) in [4.78, 5) is 6.62. The van der Waals surface area contributed by atoms with E-state index < -0.39 is 0 Å². The molecule has 0 bridgehead atoms. The molecule has 0 aromatic carbocycles. The van der Waals surface area contributed by atoms with Gasteiger partial charge < -0.3 is 5.73 Å². The molecule has 5 nitrogen and oxygen atoms in total. The third-order valence-electron chi connectivity index (χ3n) is 2.43. The first-order chi connectivity index (χ1) is 7.67. The second-order valence-electron chi connectivity index (χ2n) is 4.41. The van der Waals surface area contributed by atoms with Crippen LogP contribution in [0.3, 0.4) is 0 Å². The van der Waals surface area contributed by atoms with Gasteiger partial charge in [0, 0.05) is 26.2 Å². The van der Waals surface area contributed by atoms with Crippen LogP contribution in [0.1, 0.15) is 26.6 Å². The molecule has 0 amide bonds. The number of aromatic nitrogens is 3. The minimum absolute atomic E-state index is 0.643. The second-order valence-corrected chi connectivity index (χ2v) is 4.41. The van der Waals surface area contributed by atoms with E-state index >= 15 is 0 Å². The Balaban J connectivity index is 2.59. The fourth-order valence-corrected chi connectivity index (χ4v) is 1.81. The number of aryl methyl sites for hydroxylation is 1. The van der Waals surface area contributed by atoms with Crippen LogP contribution in [-0.4, -0.2) is 39.3 Å². The zero-order valence-corrected chi connectivity index (χ0v) is 10.6. The Hall–Kier alpha value is -0.940. The number of hydrogen-bond acceptors (Lipinski definition) is 4. The Morgan fingerprint density at radius 1 is 1.50 bits per heavy atom. The monoisotopic (exact) mass is 225 g/mol.